The van der Waals surface area contributed by atoms with Crippen LogP contribution in [-0.4, -0.2) is 46.3 Å². The molecule has 0 bridgehead atoms. The SMILES string of the molecule is CCOC(=O)C1CCCN(C(=O)c2cc(C)n(C(C)C)n2)C1. The molecule has 6 nitrogen and oxygen atoms in total. The maximum atomic E-state index is 12.6. The Labute approximate surface area is 131 Å². The summed E-state index contributed by atoms with van der Waals surface area (Å²) >= 11 is 0. The molecule has 1 saturated heterocycles. The van der Waals surface area contributed by atoms with Crippen molar-refractivity contribution in [2.45, 2.75) is 46.6 Å². The van der Waals surface area contributed by atoms with Crippen LogP contribution in [0, 0.1) is 12.8 Å². The minimum atomic E-state index is -0.217. The molecule has 122 valence electrons. The van der Waals surface area contributed by atoms with Gasteiger partial charge in [0.05, 0.1) is 12.5 Å². The maximum absolute atomic E-state index is 12.6. The third-order valence-electron chi connectivity index (χ3n) is 3.96. The van der Waals surface area contributed by atoms with Gasteiger partial charge < -0.3 is 9.64 Å². The molecule has 22 heavy (non-hydrogen) atoms. The molecule has 0 radical (unpaired) electrons. The van der Waals surface area contributed by atoms with Crippen LogP contribution in [0.3, 0.4) is 0 Å². The van der Waals surface area contributed by atoms with Gasteiger partial charge in [-0.05, 0) is 46.6 Å². The van der Waals surface area contributed by atoms with Gasteiger partial charge in [-0.2, -0.15) is 5.10 Å². The van der Waals surface area contributed by atoms with E-state index in [1.807, 2.05) is 31.5 Å². The van der Waals surface area contributed by atoms with E-state index in [0.717, 1.165) is 18.5 Å². The van der Waals surface area contributed by atoms with E-state index in [0.29, 0.717) is 25.4 Å². The van der Waals surface area contributed by atoms with E-state index in [9.17, 15) is 9.59 Å². The quantitative estimate of drug-likeness (QED) is 0.800. The molecule has 0 N–H and O–H groups in total. The van der Waals surface area contributed by atoms with Gasteiger partial charge in [0, 0.05) is 24.8 Å². The average Bonchev–Trinajstić information content (AvgIpc) is 2.89. The molecule has 6 heteroatoms. The van der Waals surface area contributed by atoms with Crippen LogP contribution in [0.25, 0.3) is 0 Å². The van der Waals surface area contributed by atoms with Crippen molar-refractivity contribution >= 4 is 11.9 Å². The predicted octanol–water partition coefficient (Wildman–Crippen LogP) is 2.19. The predicted molar refractivity (Wildman–Crippen MR) is 82.6 cm³/mol. The summed E-state index contributed by atoms with van der Waals surface area (Å²) in [6.07, 6.45) is 1.60. The van der Waals surface area contributed by atoms with Crippen molar-refractivity contribution in [2.75, 3.05) is 19.7 Å². The number of carbonyl (C=O) groups excluding carboxylic acids is 2. The van der Waals surface area contributed by atoms with Gasteiger partial charge in [0.1, 0.15) is 0 Å². The largest absolute Gasteiger partial charge is 0.466 e. The zero-order valence-corrected chi connectivity index (χ0v) is 13.8. The van der Waals surface area contributed by atoms with Gasteiger partial charge in [0.2, 0.25) is 0 Å². The number of hydrogen-bond acceptors (Lipinski definition) is 4. The molecule has 1 amide bonds. The second kappa shape index (κ2) is 6.94. The van der Waals surface area contributed by atoms with Crippen molar-refractivity contribution < 1.29 is 14.3 Å². The lowest BCUT2D eigenvalue weighted by Gasteiger charge is -2.31. The second-order valence-electron chi connectivity index (χ2n) is 6.05. The number of rotatable bonds is 4. The normalized spacial score (nSPS) is 18.6. The summed E-state index contributed by atoms with van der Waals surface area (Å²) in [5.74, 6) is -0.522. The fourth-order valence-electron chi connectivity index (χ4n) is 2.89. The molecule has 2 rings (SSSR count). The van der Waals surface area contributed by atoms with E-state index in [2.05, 4.69) is 5.10 Å². The van der Waals surface area contributed by atoms with Crippen molar-refractivity contribution in [3.63, 3.8) is 0 Å². The first-order chi connectivity index (χ1) is 10.4. The number of aryl methyl sites for hydroxylation is 1. The minimum absolute atomic E-state index is 0.100. The Hall–Kier alpha value is -1.85. The lowest BCUT2D eigenvalue weighted by Crippen LogP contribution is -2.43. The Morgan fingerprint density at radius 1 is 1.45 bits per heavy atom. The minimum Gasteiger partial charge on any atom is -0.466 e. The standard InChI is InChI=1S/C16H25N3O3/c1-5-22-16(21)13-7-6-8-18(10-13)15(20)14-9-12(4)19(17-14)11(2)3/h9,11,13H,5-8,10H2,1-4H3. The highest BCUT2D eigenvalue weighted by Crippen LogP contribution is 2.20. The fourth-order valence-corrected chi connectivity index (χ4v) is 2.89. The third-order valence-corrected chi connectivity index (χ3v) is 3.96. The number of amides is 1. The first-order valence-corrected chi connectivity index (χ1v) is 7.96. The summed E-state index contributed by atoms with van der Waals surface area (Å²) in [6, 6.07) is 2.03. The van der Waals surface area contributed by atoms with Crippen LogP contribution in [0.1, 0.15) is 55.8 Å². The highest BCUT2D eigenvalue weighted by molar-refractivity contribution is 5.92. The van der Waals surface area contributed by atoms with Crippen LogP contribution >= 0.6 is 0 Å². The molecular weight excluding hydrogens is 282 g/mol. The number of ether oxygens (including phenoxy) is 1. The summed E-state index contributed by atoms with van der Waals surface area (Å²) in [5, 5.41) is 4.40. The molecule has 1 aromatic heterocycles. The number of nitrogens with zero attached hydrogens (tertiary/aromatic N) is 3. The van der Waals surface area contributed by atoms with Crippen molar-refractivity contribution in [1.29, 1.82) is 0 Å². The summed E-state index contributed by atoms with van der Waals surface area (Å²) in [7, 11) is 0. The Morgan fingerprint density at radius 2 is 2.18 bits per heavy atom. The zero-order valence-electron chi connectivity index (χ0n) is 13.8. The van der Waals surface area contributed by atoms with Crippen LogP contribution in [0.15, 0.2) is 6.07 Å². The summed E-state index contributed by atoms with van der Waals surface area (Å²) in [5.41, 5.74) is 1.42. The Balaban J connectivity index is 2.09. The second-order valence-corrected chi connectivity index (χ2v) is 6.05. The number of aromatic nitrogens is 2. The molecule has 1 aliphatic heterocycles. The monoisotopic (exact) mass is 307 g/mol. The van der Waals surface area contributed by atoms with Crippen LogP contribution in [0.5, 0.6) is 0 Å². The Morgan fingerprint density at radius 3 is 2.77 bits per heavy atom. The summed E-state index contributed by atoms with van der Waals surface area (Å²) in [6.45, 7) is 9.28. The number of hydrogen-bond donors (Lipinski definition) is 0. The van der Waals surface area contributed by atoms with Gasteiger partial charge in [0.15, 0.2) is 5.69 Å². The molecule has 1 aliphatic rings. The van der Waals surface area contributed by atoms with Crippen LogP contribution in [0.4, 0.5) is 0 Å². The number of piperidine rings is 1. The van der Waals surface area contributed by atoms with E-state index < -0.39 is 0 Å². The summed E-state index contributed by atoms with van der Waals surface area (Å²) < 4.78 is 6.92. The molecule has 0 aliphatic carbocycles. The third kappa shape index (κ3) is 3.48. The number of likely N-dealkylation sites (tertiary alicyclic amines) is 1. The van der Waals surface area contributed by atoms with E-state index in [1.165, 1.54) is 0 Å². The maximum Gasteiger partial charge on any atom is 0.310 e. The molecule has 1 atom stereocenters. The summed E-state index contributed by atoms with van der Waals surface area (Å²) in [4.78, 5) is 26.2. The molecule has 2 heterocycles. The zero-order chi connectivity index (χ0) is 16.3. The molecule has 0 spiro atoms. The Bertz CT molecular complexity index is 551. The lowest BCUT2D eigenvalue weighted by molar-refractivity contribution is -0.149. The molecule has 0 aromatic carbocycles. The molecule has 1 fully saturated rings. The number of carbonyl (C=O) groups is 2. The van der Waals surface area contributed by atoms with E-state index in [4.69, 9.17) is 4.74 Å². The van der Waals surface area contributed by atoms with Crippen molar-refractivity contribution in [3.05, 3.63) is 17.5 Å². The van der Waals surface area contributed by atoms with Crippen molar-refractivity contribution in [3.8, 4) is 0 Å². The van der Waals surface area contributed by atoms with Crippen LogP contribution in [-0.2, 0) is 9.53 Å². The average molecular weight is 307 g/mol. The van der Waals surface area contributed by atoms with Crippen LogP contribution in [0.2, 0.25) is 0 Å². The van der Waals surface area contributed by atoms with Crippen LogP contribution < -0.4 is 0 Å². The lowest BCUT2D eigenvalue weighted by atomic mass is 9.98. The molecule has 1 unspecified atom stereocenters. The van der Waals surface area contributed by atoms with Gasteiger partial charge >= 0.3 is 5.97 Å². The van der Waals surface area contributed by atoms with E-state index in [1.54, 1.807) is 11.8 Å². The topological polar surface area (TPSA) is 64.4 Å². The van der Waals surface area contributed by atoms with Gasteiger partial charge in [-0.15, -0.1) is 0 Å². The highest BCUT2D eigenvalue weighted by Gasteiger charge is 2.30. The first-order valence-electron chi connectivity index (χ1n) is 7.96. The van der Waals surface area contributed by atoms with Gasteiger partial charge in [0.25, 0.3) is 5.91 Å². The molecular formula is C16H25N3O3. The van der Waals surface area contributed by atoms with Crippen molar-refractivity contribution in [1.82, 2.24) is 14.7 Å². The van der Waals surface area contributed by atoms with Gasteiger partial charge in [-0.25, -0.2) is 0 Å². The highest BCUT2D eigenvalue weighted by atomic mass is 16.5. The Kier molecular flexibility index (Phi) is 5.21. The smallest absolute Gasteiger partial charge is 0.310 e. The van der Waals surface area contributed by atoms with E-state index in [-0.39, 0.29) is 23.8 Å². The van der Waals surface area contributed by atoms with Gasteiger partial charge in [-0.1, -0.05) is 0 Å². The van der Waals surface area contributed by atoms with E-state index >= 15 is 0 Å². The number of esters is 1. The first kappa shape index (κ1) is 16.5. The fraction of sp³-hybridized carbons (Fsp3) is 0.688. The molecule has 1 aromatic rings. The van der Waals surface area contributed by atoms with Gasteiger partial charge in [-0.3, -0.25) is 14.3 Å². The van der Waals surface area contributed by atoms with Crippen molar-refractivity contribution in [2.24, 2.45) is 5.92 Å². The molecule has 0 saturated carbocycles.